The number of carbonyl (C=O) groups excluding carboxylic acids is 3. The van der Waals surface area contributed by atoms with E-state index >= 15 is 0 Å². The van der Waals surface area contributed by atoms with E-state index in [-0.39, 0.29) is 12.0 Å². The van der Waals surface area contributed by atoms with Gasteiger partial charge in [-0.05, 0) is 19.1 Å². The Bertz CT molecular complexity index is 638. The molecule has 0 amide bonds. The summed E-state index contributed by atoms with van der Waals surface area (Å²) in [5.74, 6) is -4.49. The Hall–Kier alpha value is -2.57. The largest absolute Gasteiger partial charge is 0.467 e. The van der Waals surface area contributed by atoms with E-state index in [1.54, 1.807) is 0 Å². The van der Waals surface area contributed by atoms with Gasteiger partial charge in [-0.3, -0.25) is 9.59 Å². The van der Waals surface area contributed by atoms with Gasteiger partial charge in [-0.15, -0.1) is 0 Å². The molecule has 1 aromatic rings. The summed E-state index contributed by atoms with van der Waals surface area (Å²) in [6.45, 7) is 1.18. The standard InChI is InChI=1S/C13H8F2O5/c1-13(7-2-3-8(14)9(15)4-7)11(17)5-10(20-13)12(18)19-6-16/h2-6H,1H3. The molecule has 0 spiro atoms. The molecule has 104 valence electrons. The lowest BCUT2D eigenvalue weighted by Crippen LogP contribution is -2.30. The van der Waals surface area contributed by atoms with Gasteiger partial charge >= 0.3 is 12.4 Å². The Morgan fingerprint density at radius 3 is 2.65 bits per heavy atom. The SMILES string of the molecule is CC1(c2ccc(F)c(F)c2)OC(C(=O)OC=O)=CC1=O. The smallest absolute Gasteiger partial charge is 0.381 e. The maximum Gasteiger partial charge on any atom is 0.381 e. The van der Waals surface area contributed by atoms with Crippen LogP contribution < -0.4 is 0 Å². The van der Waals surface area contributed by atoms with Crippen molar-refractivity contribution in [1.29, 1.82) is 0 Å². The molecule has 1 aromatic carbocycles. The van der Waals surface area contributed by atoms with Crippen LogP contribution in [0.2, 0.25) is 0 Å². The van der Waals surface area contributed by atoms with Crippen LogP contribution in [0.15, 0.2) is 30.0 Å². The zero-order valence-corrected chi connectivity index (χ0v) is 10.2. The van der Waals surface area contributed by atoms with E-state index in [1.807, 2.05) is 0 Å². The maximum atomic E-state index is 13.2. The van der Waals surface area contributed by atoms with Crippen molar-refractivity contribution in [2.75, 3.05) is 0 Å². The molecule has 20 heavy (non-hydrogen) atoms. The average Bonchev–Trinajstić information content (AvgIpc) is 2.71. The molecule has 0 radical (unpaired) electrons. The van der Waals surface area contributed by atoms with Gasteiger partial charge < -0.3 is 9.47 Å². The van der Waals surface area contributed by atoms with E-state index in [4.69, 9.17) is 4.74 Å². The van der Waals surface area contributed by atoms with Crippen molar-refractivity contribution in [3.05, 3.63) is 47.2 Å². The van der Waals surface area contributed by atoms with Gasteiger partial charge in [0.05, 0.1) is 0 Å². The zero-order chi connectivity index (χ0) is 14.9. The average molecular weight is 282 g/mol. The van der Waals surface area contributed by atoms with Gasteiger partial charge in [-0.25, -0.2) is 13.6 Å². The highest BCUT2D eigenvalue weighted by molar-refractivity contribution is 6.06. The summed E-state index contributed by atoms with van der Waals surface area (Å²) < 4.78 is 35.3. The molecular formula is C13H8F2O5. The number of rotatable bonds is 3. The van der Waals surface area contributed by atoms with Crippen molar-refractivity contribution in [2.45, 2.75) is 12.5 Å². The highest BCUT2D eigenvalue weighted by Crippen LogP contribution is 2.35. The van der Waals surface area contributed by atoms with Gasteiger partial charge in [0.25, 0.3) is 0 Å². The Kier molecular flexibility index (Phi) is 3.35. The first-order chi connectivity index (χ1) is 9.38. The second kappa shape index (κ2) is 4.84. The van der Waals surface area contributed by atoms with E-state index in [9.17, 15) is 23.2 Å². The van der Waals surface area contributed by atoms with Crippen LogP contribution in [-0.2, 0) is 29.5 Å². The molecule has 0 saturated heterocycles. The van der Waals surface area contributed by atoms with Gasteiger partial charge in [0.2, 0.25) is 11.5 Å². The maximum absolute atomic E-state index is 13.2. The quantitative estimate of drug-likeness (QED) is 0.475. The highest BCUT2D eigenvalue weighted by atomic mass is 19.2. The minimum atomic E-state index is -1.67. The van der Waals surface area contributed by atoms with Crippen LogP contribution in [0.4, 0.5) is 8.78 Å². The van der Waals surface area contributed by atoms with Gasteiger partial charge in [0.1, 0.15) is 0 Å². The molecule has 0 aliphatic carbocycles. The van der Waals surface area contributed by atoms with Crippen LogP contribution in [0.25, 0.3) is 0 Å². The molecule has 1 aliphatic rings. The van der Waals surface area contributed by atoms with E-state index in [2.05, 4.69) is 4.74 Å². The van der Waals surface area contributed by atoms with Crippen molar-refractivity contribution >= 4 is 18.2 Å². The van der Waals surface area contributed by atoms with E-state index in [0.717, 1.165) is 24.3 Å². The first-order valence-corrected chi connectivity index (χ1v) is 5.44. The Labute approximate surface area is 111 Å². The van der Waals surface area contributed by atoms with Crippen LogP contribution >= 0.6 is 0 Å². The Morgan fingerprint density at radius 2 is 2.05 bits per heavy atom. The van der Waals surface area contributed by atoms with Crippen LogP contribution in [0.5, 0.6) is 0 Å². The second-order valence-corrected chi connectivity index (χ2v) is 4.14. The molecule has 1 atom stereocenters. The summed E-state index contributed by atoms with van der Waals surface area (Å²) in [7, 11) is 0. The molecule has 5 nitrogen and oxygen atoms in total. The number of hydrogen-bond acceptors (Lipinski definition) is 5. The third-order valence-corrected chi connectivity index (χ3v) is 2.87. The van der Waals surface area contributed by atoms with Gasteiger partial charge in [0, 0.05) is 11.6 Å². The predicted octanol–water partition coefficient (Wildman–Crippen LogP) is 1.36. The molecule has 0 N–H and O–H groups in total. The Morgan fingerprint density at radius 1 is 1.35 bits per heavy atom. The third-order valence-electron chi connectivity index (χ3n) is 2.87. The van der Waals surface area contributed by atoms with Crippen molar-refractivity contribution in [3.8, 4) is 0 Å². The minimum Gasteiger partial charge on any atom is -0.467 e. The topological polar surface area (TPSA) is 69.7 Å². The van der Waals surface area contributed by atoms with Gasteiger partial charge in [-0.2, -0.15) is 0 Å². The third kappa shape index (κ3) is 2.18. The van der Waals surface area contributed by atoms with E-state index in [0.29, 0.717) is 0 Å². The van der Waals surface area contributed by atoms with Crippen molar-refractivity contribution in [2.24, 2.45) is 0 Å². The van der Waals surface area contributed by atoms with Crippen LogP contribution in [-0.4, -0.2) is 18.2 Å². The van der Waals surface area contributed by atoms with Crippen LogP contribution in [0.3, 0.4) is 0 Å². The van der Waals surface area contributed by atoms with Crippen LogP contribution in [0.1, 0.15) is 12.5 Å². The first kappa shape index (κ1) is 13.9. The summed E-state index contributed by atoms with van der Waals surface area (Å²) in [5, 5.41) is 0. The summed E-state index contributed by atoms with van der Waals surface area (Å²) in [6, 6.07) is 2.81. The molecular weight excluding hydrogens is 274 g/mol. The fourth-order valence-electron chi connectivity index (χ4n) is 1.75. The number of halogens is 2. The van der Waals surface area contributed by atoms with E-state index in [1.165, 1.54) is 6.92 Å². The van der Waals surface area contributed by atoms with E-state index < -0.39 is 34.7 Å². The lowest BCUT2D eigenvalue weighted by atomic mass is 9.92. The molecule has 7 heteroatoms. The lowest BCUT2D eigenvalue weighted by Gasteiger charge is -2.23. The number of carbonyl (C=O) groups is 3. The summed E-state index contributed by atoms with van der Waals surface area (Å²) in [5.41, 5.74) is -1.64. The Balaban J connectivity index is 2.33. The highest BCUT2D eigenvalue weighted by Gasteiger charge is 2.44. The number of ether oxygens (including phenoxy) is 2. The molecule has 2 rings (SSSR count). The summed E-state index contributed by atoms with van der Waals surface area (Å²) in [6.07, 6.45) is 0.840. The van der Waals surface area contributed by atoms with Crippen molar-refractivity contribution in [1.82, 2.24) is 0 Å². The van der Waals surface area contributed by atoms with Gasteiger partial charge in [-0.1, -0.05) is 6.07 Å². The molecule has 1 aliphatic heterocycles. The molecule has 1 heterocycles. The molecule has 0 bridgehead atoms. The molecule has 1 unspecified atom stereocenters. The van der Waals surface area contributed by atoms with Crippen molar-refractivity contribution < 1.29 is 32.6 Å². The summed E-state index contributed by atoms with van der Waals surface area (Å²) >= 11 is 0. The van der Waals surface area contributed by atoms with Gasteiger partial charge in [0.15, 0.2) is 17.2 Å². The summed E-state index contributed by atoms with van der Waals surface area (Å²) in [4.78, 5) is 33.3. The first-order valence-electron chi connectivity index (χ1n) is 5.44. The second-order valence-electron chi connectivity index (χ2n) is 4.14. The number of esters is 1. The molecule has 0 saturated carbocycles. The monoisotopic (exact) mass is 282 g/mol. The minimum absolute atomic E-state index is 0.0338. The fourth-order valence-corrected chi connectivity index (χ4v) is 1.75. The number of hydrogen-bond donors (Lipinski definition) is 0. The van der Waals surface area contributed by atoms with Crippen LogP contribution in [0, 0.1) is 11.6 Å². The zero-order valence-electron chi connectivity index (χ0n) is 10.2. The van der Waals surface area contributed by atoms with Crippen molar-refractivity contribution in [3.63, 3.8) is 0 Å². The fraction of sp³-hybridized carbons (Fsp3) is 0.154. The normalized spacial score (nSPS) is 21.1. The number of ketones is 1. The lowest BCUT2D eigenvalue weighted by molar-refractivity contribution is -0.152. The molecule has 0 fully saturated rings. The number of benzene rings is 1. The predicted molar refractivity (Wildman–Crippen MR) is 60.0 cm³/mol. The molecule has 0 aromatic heterocycles.